The molecule has 1 aromatic carbocycles. The van der Waals surface area contributed by atoms with Crippen molar-refractivity contribution in [2.75, 3.05) is 19.5 Å². The van der Waals surface area contributed by atoms with E-state index in [-0.39, 0.29) is 0 Å². The molecule has 18 heavy (non-hydrogen) atoms. The molecule has 0 radical (unpaired) electrons. The van der Waals surface area contributed by atoms with Gasteiger partial charge in [-0.1, -0.05) is 24.9 Å². The molecule has 3 nitrogen and oxygen atoms in total. The van der Waals surface area contributed by atoms with E-state index in [0.717, 1.165) is 35.3 Å². The molecule has 0 aliphatic rings. The standard InChI is InChI=1S/C14H17ClN2O/c1-4-5-9-8-10-11(15)6-7-12(18-3)13(10)17-14(9)16-2/h6-8H,4-5H2,1-3H3,(H,16,17). The SMILES string of the molecule is CCCc1cc2c(Cl)ccc(OC)c2nc1NC. The summed E-state index contributed by atoms with van der Waals surface area (Å²) in [4.78, 5) is 4.62. The summed E-state index contributed by atoms with van der Waals surface area (Å²) < 4.78 is 5.33. The third-order valence-corrected chi connectivity index (χ3v) is 3.28. The molecule has 0 spiro atoms. The lowest BCUT2D eigenvalue weighted by molar-refractivity contribution is 0.419. The van der Waals surface area contributed by atoms with Crippen molar-refractivity contribution in [2.45, 2.75) is 19.8 Å². The first kappa shape index (κ1) is 13.0. The zero-order valence-electron chi connectivity index (χ0n) is 10.9. The van der Waals surface area contributed by atoms with Crippen LogP contribution in [0, 0.1) is 0 Å². The molecule has 0 saturated carbocycles. The predicted molar refractivity (Wildman–Crippen MR) is 76.8 cm³/mol. The Bertz CT molecular complexity index is 569. The molecule has 2 aromatic rings. The summed E-state index contributed by atoms with van der Waals surface area (Å²) >= 11 is 6.24. The van der Waals surface area contributed by atoms with Crippen molar-refractivity contribution < 1.29 is 4.74 Å². The third-order valence-electron chi connectivity index (χ3n) is 2.95. The lowest BCUT2D eigenvalue weighted by atomic mass is 10.1. The number of methoxy groups -OCH3 is 1. The van der Waals surface area contributed by atoms with E-state index < -0.39 is 0 Å². The van der Waals surface area contributed by atoms with Crippen LogP contribution in [0.5, 0.6) is 5.75 Å². The Labute approximate surface area is 112 Å². The highest BCUT2D eigenvalue weighted by molar-refractivity contribution is 6.35. The number of benzene rings is 1. The number of ether oxygens (including phenoxy) is 1. The van der Waals surface area contributed by atoms with Crippen molar-refractivity contribution in [2.24, 2.45) is 0 Å². The number of fused-ring (bicyclic) bond motifs is 1. The summed E-state index contributed by atoms with van der Waals surface area (Å²) in [6, 6.07) is 5.79. The van der Waals surface area contributed by atoms with Crippen LogP contribution in [0.4, 0.5) is 5.82 Å². The van der Waals surface area contributed by atoms with Crippen LogP contribution in [0.2, 0.25) is 5.02 Å². The second kappa shape index (κ2) is 5.44. The van der Waals surface area contributed by atoms with Crippen molar-refractivity contribution in [3.8, 4) is 5.75 Å². The Morgan fingerprint density at radius 2 is 2.17 bits per heavy atom. The van der Waals surface area contributed by atoms with Crippen LogP contribution in [0.1, 0.15) is 18.9 Å². The number of aryl methyl sites for hydroxylation is 1. The van der Waals surface area contributed by atoms with Gasteiger partial charge in [-0.3, -0.25) is 0 Å². The molecule has 1 heterocycles. The molecule has 0 unspecified atom stereocenters. The van der Waals surface area contributed by atoms with Gasteiger partial charge >= 0.3 is 0 Å². The highest BCUT2D eigenvalue weighted by Crippen LogP contribution is 2.33. The molecule has 1 aromatic heterocycles. The Kier molecular flexibility index (Phi) is 3.92. The summed E-state index contributed by atoms with van der Waals surface area (Å²) in [6.07, 6.45) is 2.05. The normalized spacial score (nSPS) is 10.7. The lowest BCUT2D eigenvalue weighted by Crippen LogP contribution is -2.00. The maximum atomic E-state index is 6.24. The van der Waals surface area contributed by atoms with Gasteiger partial charge in [0.1, 0.15) is 17.1 Å². The van der Waals surface area contributed by atoms with E-state index in [9.17, 15) is 0 Å². The number of nitrogens with one attached hydrogen (secondary N) is 1. The number of pyridine rings is 1. The average molecular weight is 265 g/mol. The summed E-state index contributed by atoms with van der Waals surface area (Å²) in [5.74, 6) is 1.64. The van der Waals surface area contributed by atoms with Crippen LogP contribution in [0.15, 0.2) is 18.2 Å². The van der Waals surface area contributed by atoms with E-state index in [1.54, 1.807) is 7.11 Å². The highest BCUT2D eigenvalue weighted by atomic mass is 35.5. The minimum Gasteiger partial charge on any atom is -0.494 e. The maximum absolute atomic E-state index is 6.24. The molecule has 2 rings (SSSR count). The molecular weight excluding hydrogens is 248 g/mol. The molecule has 0 aliphatic carbocycles. The van der Waals surface area contributed by atoms with Gasteiger partial charge in [0.05, 0.1) is 12.1 Å². The van der Waals surface area contributed by atoms with Crippen molar-refractivity contribution in [3.63, 3.8) is 0 Å². The lowest BCUT2D eigenvalue weighted by Gasteiger charge is -2.12. The zero-order chi connectivity index (χ0) is 13.1. The fourth-order valence-corrected chi connectivity index (χ4v) is 2.29. The van der Waals surface area contributed by atoms with Crippen LogP contribution in [0.3, 0.4) is 0 Å². The Hall–Kier alpha value is -1.48. The quantitative estimate of drug-likeness (QED) is 0.910. The number of halogens is 1. The molecule has 96 valence electrons. The average Bonchev–Trinajstić information content (AvgIpc) is 2.39. The largest absolute Gasteiger partial charge is 0.494 e. The van der Waals surface area contributed by atoms with E-state index in [1.807, 2.05) is 19.2 Å². The number of hydrogen-bond donors (Lipinski definition) is 1. The van der Waals surface area contributed by atoms with Crippen LogP contribution in [-0.2, 0) is 6.42 Å². The molecule has 4 heteroatoms. The molecule has 0 fully saturated rings. The Balaban J connectivity index is 2.73. The van der Waals surface area contributed by atoms with Crippen molar-refractivity contribution in [1.29, 1.82) is 0 Å². The molecule has 0 atom stereocenters. The molecule has 1 N–H and O–H groups in total. The van der Waals surface area contributed by atoms with E-state index in [4.69, 9.17) is 16.3 Å². The van der Waals surface area contributed by atoms with Crippen molar-refractivity contribution in [1.82, 2.24) is 4.98 Å². The summed E-state index contributed by atoms with van der Waals surface area (Å²) in [5, 5.41) is 4.78. The van der Waals surface area contributed by atoms with Crippen LogP contribution in [-0.4, -0.2) is 19.1 Å². The summed E-state index contributed by atoms with van der Waals surface area (Å²) in [6.45, 7) is 2.15. The summed E-state index contributed by atoms with van der Waals surface area (Å²) in [7, 11) is 3.52. The van der Waals surface area contributed by atoms with Gasteiger partial charge in [-0.15, -0.1) is 0 Å². The minimum atomic E-state index is 0.707. The van der Waals surface area contributed by atoms with Crippen LogP contribution < -0.4 is 10.1 Å². The second-order valence-electron chi connectivity index (χ2n) is 4.14. The summed E-state index contributed by atoms with van der Waals surface area (Å²) in [5.41, 5.74) is 1.98. The number of anilines is 1. The van der Waals surface area contributed by atoms with Crippen molar-refractivity contribution >= 4 is 28.3 Å². The third kappa shape index (κ3) is 2.23. The van der Waals surface area contributed by atoms with Gasteiger partial charge in [-0.05, 0) is 30.2 Å². The van der Waals surface area contributed by atoms with E-state index in [1.165, 1.54) is 5.56 Å². The van der Waals surface area contributed by atoms with Gasteiger partial charge in [0.15, 0.2) is 0 Å². The first-order chi connectivity index (χ1) is 8.71. The number of rotatable bonds is 4. The fraction of sp³-hybridized carbons (Fsp3) is 0.357. The molecule has 0 bridgehead atoms. The van der Waals surface area contributed by atoms with Crippen molar-refractivity contribution in [3.05, 3.63) is 28.8 Å². The molecule has 0 amide bonds. The Morgan fingerprint density at radius 1 is 1.39 bits per heavy atom. The first-order valence-electron chi connectivity index (χ1n) is 6.05. The van der Waals surface area contributed by atoms with Crippen LogP contribution in [0.25, 0.3) is 10.9 Å². The maximum Gasteiger partial charge on any atom is 0.145 e. The smallest absolute Gasteiger partial charge is 0.145 e. The minimum absolute atomic E-state index is 0.707. The van der Waals surface area contributed by atoms with Gasteiger partial charge in [0.25, 0.3) is 0 Å². The van der Waals surface area contributed by atoms with Gasteiger partial charge in [0.2, 0.25) is 0 Å². The second-order valence-corrected chi connectivity index (χ2v) is 4.55. The van der Waals surface area contributed by atoms with Gasteiger partial charge < -0.3 is 10.1 Å². The number of nitrogens with zero attached hydrogens (tertiary/aromatic N) is 1. The topological polar surface area (TPSA) is 34.1 Å². The van der Waals surface area contributed by atoms with Crippen LogP contribution >= 0.6 is 11.6 Å². The van der Waals surface area contributed by atoms with E-state index in [0.29, 0.717) is 5.02 Å². The van der Waals surface area contributed by atoms with E-state index in [2.05, 4.69) is 23.3 Å². The molecular formula is C14H17ClN2O. The van der Waals surface area contributed by atoms with Gasteiger partial charge in [-0.25, -0.2) is 4.98 Å². The first-order valence-corrected chi connectivity index (χ1v) is 6.43. The Morgan fingerprint density at radius 3 is 2.78 bits per heavy atom. The van der Waals surface area contributed by atoms with E-state index >= 15 is 0 Å². The monoisotopic (exact) mass is 264 g/mol. The zero-order valence-corrected chi connectivity index (χ0v) is 11.6. The molecule has 0 aliphatic heterocycles. The molecule has 0 saturated heterocycles. The highest BCUT2D eigenvalue weighted by Gasteiger charge is 2.11. The fourth-order valence-electron chi connectivity index (χ4n) is 2.08. The predicted octanol–water partition coefficient (Wildman–Crippen LogP) is 3.89. The number of aromatic nitrogens is 1. The van der Waals surface area contributed by atoms with Gasteiger partial charge in [-0.2, -0.15) is 0 Å². The van der Waals surface area contributed by atoms with Gasteiger partial charge in [0, 0.05) is 12.4 Å². The number of hydrogen-bond acceptors (Lipinski definition) is 3.